The maximum Gasteiger partial charge on any atom is 0.410 e. The summed E-state index contributed by atoms with van der Waals surface area (Å²) < 4.78 is 34.6. The summed E-state index contributed by atoms with van der Waals surface area (Å²) in [6.07, 6.45) is 0.00423. The third-order valence-electron chi connectivity index (χ3n) is 2.54. The molecular formula is C12H12ClN3O5S. The van der Waals surface area contributed by atoms with Crippen LogP contribution in [0.3, 0.4) is 0 Å². The van der Waals surface area contributed by atoms with Gasteiger partial charge in [0.05, 0.1) is 17.0 Å². The number of nitrogens with zero attached hydrogens (tertiary/aromatic N) is 1. The molecule has 22 heavy (non-hydrogen) atoms. The second kappa shape index (κ2) is 5.85. The highest BCUT2D eigenvalue weighted by Gasteiger charge is 2.19. The number of sulfonamides is 1. The number of aromatic nitrogens is 1. The number of ether oxygens (including phenoxy) is 1. The average Bonchev–Trinajstić information content (AvgIpc) is 2.72. The highest BCUT2D eigenvalue weighted by molar-refractivity contribution is 7.92. The number of amides is 1. The first kappa shape index (κ1) is 16.1. The maximum absolute atomic E-state index is 11.2. The number of primary amides is 1. The summed E-state index contributed by atoms with van der Waals surface area (Å²) >= 11 is 6.03. The smallest absolute Gasteiger partial charge is 0.404 e. The number of carbonyl (C=O) groups is 1. The standard InChI is InChI=1S/C12H12ClN3O5S/c1-6-10(20-12(14)17)11(21-15-6)7-3-4-9(8(13)5-7)16-22(2,18)19/h3-5,16H,1-2H3,(H2,14,17). The van der Waals surface area contributed by atoms with Gasteiger partial charge in [-0.3, -0.25) is 4.72 Å². The second-order valence-corrected chi connectivity index (χ2v) is 6.57. The Balaban J connectivity index is 2.43. The molecular weight excluding hydrogens is 334 g/mol. The molecule has 0 radical (unpaired) electrons. The molecule has 0 unspecified atom stereocenters. The summed E-state index contributed by atoms with van der Waals surface area (Å²) in [5.74, 6) is 0.233. The first-order chi connectivity index (χ1) is 10.2. The van der Waals surface area contributed by atoms with Crippen LogP contribution in [0, 0.1) is 6.92 Å². The number of rotatable bonds is 4. The molecule has 1 aromatic heterocycles. The summed E-state index contributed by atoms with van der Waals surface area (Å²) in [6.45, 7) is 1.58. The van der Waals surface area contributed by atoms with Crippen LogP contribution in [0.15, 0.2) is 22.7 Å². The minimum absolute atomic E-state index is 0.0763. The number of hydrogen-bond donors (Lipinski definition) is 2. The molecule has 1 heterocycles. The molecule has 2 rings (SSSR count). The van der Waals surface area contributed by atoms with E-state index in [0.29, 0.717) is 11.3 Å². The minimum Gasteiger partial charge on any atom is -0.404 e. The van der Waals surface area contributed by atoms with Crippen molar-refractivity contribution < 1.29 is 22.5 Å². The van der Waals surface area contributed by atoms with Crippen molar-refractivity contribution in [2.45, 2.75) is 6.92 Å². The molecule has 3 N–H and O–H groups in total. The lowest BCUT2D eigenvalue weighted by Crippen LogP contribution is -2.16. The summed E-state index contributed by atoms with van der Waals surface area (Å²) in [6, 6.07) is 4.43. The molecule has 2 aromatic rings. The minimum atomic E-state index is -3.45. The van der Waals surface area contributed by atoms with Crippen LogP contribution in [0.25, 0.3) is 11.3 Å². The largest absolute Gasteiger partial charge is 0.410 e. The fraction of sp³-hybridized carbons (Fsp3) is 0.167. The van der Waals surface area contributed by atoms with E-state index in [9.17, 15) is 13.2 Å². The zero-order valence-electron chi connectivity index (χ0n) is 11.6. The van der Waals surface area contributed by atoms with Gasteiger partial charge < -0.3 is 15.0 Å². The fourth-order valence-corrected chi connectivity index (χ4v) is 2.57. The van der Waals surface area contributed by atoms with Gasteiger partial charge in [-0.1, -0.05) is 16.8 Å². The molecule has 10 heteroatoms. The maximum atomic E-state index is 11.2. The molecule has 0 saturated heterocycles. The van der Waals surface area contributed by atoms with Crippen molar-refractivity contribution in [3.05, 3.63) is 28.9 Å². The number of nitrogens with two attached hydrogens (primary N) is 1. The zero-order valence-corrected chi connectivity index (χ0v) is 13.2. The van der Waals surface area contributed by atoms with Gasteiger partial charge >= 0.3 is 6.09 Å². The Kier molecular flexibility index (Phi) is 4.29. The number of carbonyl (C=O) groups excluding carboxylic acids is 1. The first-order valence-electron chi connectivity index (χ1n) is 5.88. The highest BCUT2D eigenvalue weighted by atomic mass is 35.5. The van der Waals surface area contributed by atoms with Gasteiger partial charge in [0.25, 0.3) is 0 Å². The van der Waals surface area contributed by atoms with Gasteiger partial charge in [0.2, 0.25) is 21.5 Å². The Morgan fingerprint density at radius 3 is 2.68 bits per heavy atom. The highest BCUT2D eigenvalue weighted by Crippen LogP contribution is 2.36. The van der Waals surface area contributed by atoms with E-state index in [-0.39, 0.29) is 22.2 Å². The lowest BCUT2D eigenvalue weighted by Gasteiger charge is -2.08. The molecule has 8 nitrogen and oxygen atoms in total. The predicted molar refractivity (Wildman–Crippen MR) is 80.4 cm³/mol. The van der Waals surface area contributed by atoms with Gasteiger partial charge in [0.1, 0.15) is 5.69 Å². The third-order valence-corrected chi connectivity index (χ3v) is 3.44. The van der Waals surface area contributed by atoms with E-state index in [1.807, 2.05) is 0 Å². The zero-order chi connectivity index (χ0) is 16.5. The van der Waals surface area contributed by atoms with E-state index in [2.05, 4.69) is 9.88 Å². The Morgan fingerprint density at radius 2 is 2.14 bits per heavy atom. The number of benzene rings is 1. The second-order valence-electron chi connectivity index (χ2n) is 4.42. The first-order valence-corrected chi connectivity index (χ1v) is 8.15. The van der Waals surface area contributed by atoms with E-state index in [0.717, 1.165) is 6.26 Å². The van der Waals surface area contributed by atoms with Crippen LogP contribution in [0.1, 0.15) is 5.69 Å². The van der Waals surface area contributed by atoms with Crippen molar-refractivity contribution >= 4 is 33.4 Å². The van der Waals surface area contributed by atoms with Crippen molar-refractivity contribution in [2.24, 2.45) is 5.73 Å². The van der Waals surface area contributed by atoms with Gasteiger partial charge in [0, 0.05) is 5.56 Å². The Bertz CT molecular complexity index is 831. The quantitative estimate of drug-likeness (QED) is 0.874. The molecule has 0 aliphatic rings. The third kappa shape index (κ3) is 3.68. The molecule has 1 amide bonds. The number of hydrogen-bond acceptors (Lipinski definition) is 6. The van der Waals surface area contributed by atoms with Crippen molar-refractivity contribution in [1.29, 1.82) is 0 Å². The average molecular weight is 346 g/mol. The van der Waals surface area contributed by atoms with Crippen LogP contribution >= 0.6 is 11.6 Å². The molecule has 0 bridgehead atoms. The molecule has 1 aromatic carbocycles. The summed E-state index contributed by atoms with van der Waals surface area (Å²) in [5.41, 5.74) is 5.98. The monoisotopic (exact) mass is 345 g/mol. The van der Waals surface area contributed by atoms with Crippen molar-refractivity contribution in [3.63, 3.8) is 0 Å². The van der Waals surface area contributed by atoms with E-state index < -0.39 is 16.1 Å². The van der Waals surface area contributed by atoms with E-state index in [1.54, 1.807) is 6.92 Å². The van der Waals surface area contributed by atoms with Crippen molar-refractivity contribution in [1.82, 2.24) is 5.16 Å². The summed E-state index contributed by atoms with van der Waals surface area (Å²) in [4.78, 5) is 10.9. The van der Waals surface area contributed by atoms with Gasteiger partial charge in [-0.15, -0.1) is 0 Å². The van der Waals surface area contributed by atoms with Crippen LogP contribution < -0.4 is 15.2 Å². The molecule has 0 fully saturated rings. The SMILES string of the molecule is Cc1noc(-c2ccc(NS(C)(=O)=O)c(Cl)c2)c1OC(N)=O. The van der Waals surface area contributed by atoms with Crippen molar-refractivity contribution in [3.8, 4) is 17.1 Å². The normalized spacial score (nSPS) is 11.2. The molecule has 0 aliphatic carbocycles. The van der Waals surface area contributed by atoms with Crippen molar-refractivity contribution in [2.75, 3.05) is 11.0 Å². The predicted octanol–water partition coefficient (Wildman–Crippen LogP) is 2.13. The lowest BCUT2D eigenvalue weighted by atomic mass is 10.1. The van der Waals surface area contributed by atoms with Gasteiger partial charge in [-0.05, 0) is 25.1 Å². The molecule has 0 saturated carbocycles. The lowest BCUT2D eigenvalue weighted by molar-refractivity contribution is 0.210. The van der Waals surface area contributed by atoms with Crippen LogP contribution in [0.2, 0.25) is 5.02 Å². The van der Waals surface area contributed by atoms with Gasteiger partial charge in [0.15, 0.2) is 0 Å². The molecule has 0 aliphatic heterocycles. The Hall–Kier alpha value is -2.26. The fourth-order valence-electron chi connectivity index (χ4n) is 1.70. The number of nitrogens with one attached hydrogen (secondary N) is 1. The number of halogens is 1. The van der Waals surface area contributed by atoms with Gasteiger partial charge in [-0.2, -0.15) is 0 Å². The topological polar surface area (TPSA) is 125 Å². The summed E-state index contributed by atoms with van der Waals surface area (Å²) in [7, 11) is -3.45. The number of aryl methyl sites for hydroxylation is 1. The Morgan fingerprint density at radius 1 is 1.45 bits per heavy atom. The van der Waals surface area contributed by atoms with Crippen LogP contribution in [-0.4, -0.2) is 25.9 Å². The Labute approximate surface area is 131 Å². The van der Waals surface area contributed by atoms with E-state index >= 15 is 0 Å². The molecule has 0 spiro atoms. The number of anilines is 1. The van der Waals surface area contributed by atoms with Gasteiger partial charge in [-0.25, -0.2) is 13.2 Å². The van der Waals surface area contributed by atoms with Crippen LogP contribution in [-0.2, 0) is 10.0 Å². The van der Waals surface area contributed by atoms with Crippen LogP contribution in [0.4, 0.5) is 10.5 Å². The van der Waals surface area contributed by atoms with E-state index in [4.69, 9.17) is 26.6 Å². The summed E-state index contributed by atoms with van der Waals surface area (Å²) in [5, 5.41) is 3.84. The molecule has 118 valence electrons. The van der Waals surface area contributed by atoms with Crippen LogP contribution in [0.5, 0.6) is 5.75 Å². The van der Waals surface area contributed by atoms with E-state index in [1.165, 1.54) is 18.2 Å². The molecule has 0 atom stereocenters.